The van der Waals surface area contributed by atoms with E-state index in [-0.39, 0.29) is 24.2 Å². The summed E-state index contributed by atoms with van der Waals surface area (Å²) in [6.45, 7) is 6.96. The van der Waals surface area contributed by atoms with Crippen molar-refractivity contribution in [3.05, 3.63) is 23.3 Å². The lowest BCUT2D eigenvalue weighted by Gasteiger charge is -2.36. The quantitative estimate of drug-likeness (QED) is 0.620. The molecule has 5 atom stereocenters. The average molecular weight is 337 g/mol. The molecule has 0 saturated carbocycles. The summed E-state index contributed by atoms with van der Waals surface area (Å²) in [5.41, 5.74) is 1.08. The van der Waals surface area contributed by atoms with Crippen molar-refractivity contribution in [3.8, 4) is 0 Å². The van der Waals surface area contributed by atoms with Gasteiger partial charge in [0.15, 0.2) is 0 Å². The first-order valence-corrected chi connectivity index (χ1v) is 8.37. The van der Waals surface area contributed by atoms with Crippen molar-refractivity contribution in [2.45, 2.75) is 70.9 Å². The van der Waals surface area contributed by atoms with Gasteiger partial charge < -0.3 is 14.6 Å². The molecule has 24 heavy (non-hydrogen) atoms. The number of nitrogens with zero attached hydrogens (tertiary/aromatic N) is 1. The molecule has 0 spiro atoms. The molecule has 0 aromatic rings. The van der Waals surface area contributed by atoms with Crippen LogP contribution >= 0.6 is 0 Å². The molecule has 6 heteroatoms. The second-order valence-corrected chi connectivity index (χ2v) is 6.60. The lowest BCUT2D eigenvalue weighted by Crippen LogP contribution is -2.46. The number of fused-ring (bicyclic) bond motifs is 2. The Bertz CT molecular complexity index is 568. The summed E-state index contributed by atoms with van der Waals surface area (Å²) in [5.74, 6) is -0.750. The highest BCUT2D eigenvalue weighted by Gasteiger charge is 2.53. The fourth-order valence-corrected chi connectivity index (χ4v) is 3.35. The molecule has 0 radical (unpaired) electrons. The number of likely N-dealkylation sites (N-methyl/N-ethyl adjacent to an activating group) is 1. The molecule has 0 aliphatic carbocycles. The van der Waals surface area contributed by atoms with Gasteiger partial charge in [0.2, 0.25) is 0 Å². The predicted molar refractivity (Wildman–Crippen MR) is 89.2 cm³/mol. The number of hydrogen-bond acceptors (Lipinski definition) is 6. The number of ether oxygens (including phenoxy) is 2. The third kappa shape index (κ3) is 3.54. The van der Waals surface area contributed by atoms with E-state index in [1.54, 1.807) is 39.8 Å². The molecule has 1 N–H and O–H groups in total. The Balaban J connectivity index is 2.09. The Morgan fingerprint density at radius 1 is 1.00 bits per heavy atom. The standard InChI is InChI=1S/C18H27NO5/c1-6-10(3)17(21)23-12-8-13-15(20)16(14(9-12)19(13)5)24-18(22)11(4)7-2/h6-7,12-16,20H,8-9H2,1-5H3/b10-6-,11-7-/t12-,13+,14-,15+,16+/m0/s1. The van der Waals surface area contributed by atoms with E-state index in [1.807, 2.05) is 11.9 Å². The van der Waals surface area contributed by atoms with E-state index in [1.165, 1.54) is 0 Å². The Morgan fingerprint density at radius 2 is 1.50 bits per heavy atom. The van der Waals surface area contributed by atoms with Gasteiger partial charge in [0.05, 0.1) is 6.04 Å². The van der Waals surface area contributed by atoms with Gasteiger partial charge in [0, 0.05) is 30.0 Å². The van der Waals surface area contributed by atoms with Crippen LogP contribution < -0.4 is 0 Å². The number of carbonyl (C=O) groups is 2. The third-order valence-corrected chi connectivity index (χ3v) is 5.19. The molecular formula is C18H27NO5. The van der Waals surface area contributed by atoms with E-state index in [4.69, 9.17) is 9.47 Å². The normalized spacial score (nSPS) is 34.2. The molecule has 0 aromatic heterocycles. The van der Waals surface area contributed by atoms with Gasteiger partial charge in [-0.2, -0.15) is 0 Å². The molecule has 2 bridgehead atoms. The van der Waals surface area contributed by atoms with Crippen LogP contribution in [0.25, 0.3) is 0 Å². The van der Waals surface area contributed by atoms with Crippen molar-refractivity contribution >= 4 is 11.9 Å². The van der Waals surface area contributed by atoms with Crippen molar-refractivity contribution in [3.63, 3.8) is 0 Å². The molecule has 2 aliphatic heterocycles. The topological polar surface area (TPSA) is 76.1 Å². The van der Waals surface area contributed by atoms with Crippen LogP contribution in [0.5, 0.6) is 0 Å². The smallest absolute Gasteiger partial charge is 0.333 e. The molecule has 0 aromatic carbocycles. The summed E-state index contributed by atoms with van der Waals surface area (Å²) in [7, 11) is 1.91. The highest BCUT2D eigenvalue weighted by Crippen LogP contribution is 2.38. The van der Waals surface area contributed by atoms with E-state index in [2.05, 4.69) is 0 Å². The van der Waals surface area contributed by atoms with Gasteiger partial charge in [-0.25, -0.2) is 9.59 Å². The van der Waals surface area contributed by atoms with Crippen molar-refractivity contribution < 1.29 is 24.2 Å². The first kappa shape index (κ1) is 18.7. The van der Waals surface area contributed by atoms with E-state index >= 15 is 0 Å². The number of rotatable bonds is 4. The van der Waals surface area contributed by atoms with Gasteiger partial charge >= 0.3 is 11.9 Å². The number of aliphatic hydroxyl groups is 1. The molecule has 2 rings (SSSR count). The van der Waals surface area contributed by atoms with Gasteiger partial charge in [0.25, 0.3) is 0 Å². The van der Waals surface area contributed by atoms with Crippen molar-refractivity contribution in [2.24, 2.45) is 0 Å². The van der Waals surface area contributed by atoms with Crippen LogP contribution in [0, 0.1) is 0 Å². The van der Waals surface area contributed by atoms with Crippen molar-refractivity contribution in [1.82, 2.24) is 4.90 Å². The van der Waals surface area contributed by atoms with Crippen LogP contribution in [0.4, 0.5) is 0 Å². The summed E-state index contributed by atoms with van der Waals surface area (Å²) in [4.78, 5) is 26.0. The van der Waals surface area contributed by atoms with Gasteiger partial charge in [-0.15, -0.1) is 0 Å². The zero-order valence-corrected chi connectivity index (χ0v) is 15.0. The minimum atomic E-state index is -0.778. The zero-order valence-electron chi connectivity index (χ0n) is 15.0. The Kier molecular flexibility index (Phi) is 5.83. The largest absolute Gasteiger partial charge is 0.459 e. The Labute approximate surface area is 143 Å². The van der Waals surface area contributed by atoms with Gasteiger partial charge in [-0.05, 0) is 34.7 Å². The Hall–Kier alpha value is -1.66. The maximum absolute atomic E-state index is 12.0. The molecular weight excluding hydrogens is 310 g/mol. The SMILES string of the molecule is C/C=C(/C)C(=O)O[C@H]1C[C@@H]2[C@@H](O)[C@H](OC(=O)/C(C)=C\C)[C@H](C1)N2C. The summed E-state index contributed by atoms with van der Waals surface area (Å²) in [6, 6.07) is -0.341. The first-order valence-electron chi connectivity index (χ1n) is 8.37. The minimum absolute atomic E-state index is 0.156. The lowest BCUT2D eigenvalue weighted by molar-refractivity contribution is -0.152. The van der Waals surface area contributed by atoms with Gasteiger partial charge in [-0.3, -0.25) is 4.90 Å². The molecule has 2 saturated heterocycles. The van der Waals surface area contributed by atoms with Crippen molar-refractivity contribution in [1.29, 1.82) is 0 Å². The predicted octanol–water partition coefficient (Wildman–Crippen LogP) is 1.58. The van der Waals surface area contributed by atoms with Gasteiger partial charge in [-0.1, -0.05) is 12.2 Å². The third-order valence-electron chi connectivity index (χ3n) is 5.19. The number of carbonyl (C=O) groups excluding carboxylic acids is 2. The minimum Gasteiger partial charge on any atom is -0.459 e. The molecule has 2 aliphatic rings. The van der Waals surface area contributed by atoms with Crippen LogP contribution in [0.1, 0.15) is 40.5 Å². The maximum atomic E-state index is 12.0. The van der Waals surface area contributed by atoms with E-state index in [9.17, 15) is 14.7 Å². The molecule has 134 valence electrons. The second-order valence-electron chi connectivity index (χ2n) is 6.60. The van der Waals surface area contributed by atoms with E-state index in [0.29, 0.717) is 24.0 Å². The van der Waals surface area contributed by atoms with Crippen LogP contribution in [0.3, 0.4) is 0 Å². The Morgan fingerprint density at radius 3 is 2.04 bits per heavy atom. The summed E-state index contributed by atoms with van der Waals surface area (Å²) >= 11 is 0. The summed E-state index contributed by atoms with van der Waals surface area (Å²) < 4.78 is 11.1. The lowest BCUT2D eigenvalue weighted by atomic mass is 10.00. The number of allylic oxidation sites excluding steroid dienone is 2. The molecule has 0 amide bonds. The molecule has 2 fully saturated rings. The number of hydrogen-bond donors (Lipinski definition) is 1. The van der Waals surface area contributed by atoms with Crippen LogP contribution in [0.2, 0.25) is 0 Å². The van der Waals surface area contributed by atoms with E-state index in [0.717, 1.165) is 0 Å². The van der Waals surface area contributed by atoms with Crippen LogP contribution in [-0.4, -0.2) is 59.4 Å². The first-order chi connectivity index (χ1) is 11.3. The van der Waals surface area contributed by atoms with Crippen LogP contribution in [-0.2, 0) is 19.1 Å². The summed E-state index contributed by atoms with van der Waals surface area (Å²) in [5, 5.41) is 10.5. The maximum Gasteiger partial charge on any atom is 0.333 e. The number of aliphatic hydroxyl groups excluding tert-OH is 1. The second kappa shape index (κ2) is 7.49. The molecule has 6 nitrogen and oxygen atoms in total. The highest BCUT2D eigenvalue weighted by molar-refractivity contribution is 5.88. The fourth-order valence-electron chi connectivity index (χ4n) is 3.35. The number of piperidine rings is 1. The van der Waals surface area contributed by atoms with Crippen LogP contribution in [0.15, 0.2) is 23.3 Å². The van der Waals surface area contributed by atoms with E-state index < -0.39 is 18.2 Å². The molecule has 2 heterocycles. The van der Waals surface area contributed by atoms with Gasteiger partial charge in [0.1, 0.15) is 18.3 Å². The average Bonchev–Trinajstić information content (AvgIpc) is 2.70. The fraction of sp³-hybridized carbons (Fsp3) is 0.667. The monoisotopic (exact) mass is 337 g/mol. The zero-order chi connectivity index (χ0) is 18.0. The molecule has 0 unspecified atom stereocenters. The van der Waals surface area contributed by atoms with Crippen molar-refractivity contribution in [2.75, 3.05) is 7.05 Å². The highest BCUT2D eigenvalue weighted by atomic mass is 16.6. The summed E-state index contributed by atoms with van der Waals surface area (Å²) in [6.07, 6.45) is 2.82. The number of esters is 2.